The first-order chi connectivity index (χ1) is 11.2. The first-order valence-corrected chi connectivity index (χ1v) is 8.96. The van der Waals surface area contributed by atoms with Gasteiger partial charge in [-0.15, -0.1) is 0 Å². The van der Waals surface area contributed by atoms with Gasteiger partial charge >= 0.3 is 0 Å². The number of hydrogen-bond acceptors (Lipinski definition) is 5. The summed E-state index contributed by atoms with van der Waals surface area (Å²) in [6.45, 7) is 4.99. The number of aliphatic hydroxyl groups excluding tert-OH is 1. The molecule has 0 saturated carbocycles. The summed E-state index contributed by atoms with van der Waals surface area (Å²) in [6.07, 6.45) is 2.01. The lowest BCUT2D eigenvalue weighted by Gasteiger charge is -2.11. The number of aromatic nitrogens is 1. The lowest BCUT2D eigenvalue weighted by atomic mass is 10.2. The zero-order valence-electron chi connectivity index (χ0n) is 13.7. The van der Waals surface area contributed by atoms with Crippen LogP contribution in [0.4, 0.5) is 5.82 Å². The van der Waals surface area contributed by atoms with Crippen molar-refractivity contribution in [3.63, 3.8) is 0 Å². The van der Waals surface area contributed by atoms with Crippen LogP contribution in [0.1, 0.15) is 25.0 Å². The van der Waals surface area contributed by atoms with Gasteiger partial charge in [0.1, 0.15) is 11.6 Å². The fourth-order valence-corrected chi connectivity index (χ4v) is 2.75. The quantitative estimate of drug-likeness (QED) is 0.686. The van der Waals surface area contributed by atoms with Crippen LogP contribution in [0.3, 0.4) is 0 Å². The molecule has 2 aromatic rings. The highest BCUT2D eigenvalue weighted by Gasteiger charge is 2.00. The highest BCUT2D eigenvalue weighted by atomic mass is 32.2. The van der Waals surface area contributed by atoms with Crippen molar-refractivity contribution < 1.29 is 9.84 Å². The van der Waals surface area contributed by atoms with Crippen LogP contribution in [0, 0.1) is 0 Å². The van der Waals surface area contributed by atoms with Gasteiger partial charge in [0.15, 0.2) is 0 Å². The summed E-state index contributed by atoms with van der Waals surface area (Å²) in [5, 5.41) is 12.2. The minimum absolute atomic E-state index is 0.189. The number of benzene rings is 1. The zero-order chi connectivity index (χ0) is 16.5. The number of anilines is 1. The van der Waals surface area contributed by atoms with E-state index in [1.54, 1.807) is 11.8 Å². The maximum atomic E-state index is 8.82. The fraction of sp³-hybridized carbons (Fsp3) is 0.389. The van der Waals surface area contributed by atoms with Gasteiger partial charge < -0.3 is 15.2 Å². The molecule has 23 heavy (non-hydrogen) atoms. The molecule has 0 spiro atoms. The molecule has 0 aliphatic heterocycles. The van der Waals surface area contributed by atoms with E-state index in [-0.39, 0.29) is 12.7 Å². The van der Waals surface area contributed by atoms with Crippen molar-refractivity contribution in [3.05, 3.63) is 53.7 Å². The van der Waals surface area contributed by atoms with Gasteiger partial charge in [0.2, 0.25) is 0 Å². The van der Waals surface area contributed by atoms with E-state index in [0.29, 0.717) is 0 Å². The largest absolute Gasteiger partial charge is 0.491 e. The molecule has 1 aromatic heterocycles. The Kier molecular flexibility index (Phi) is 7.23. The lowest BCUT2D eigenvalue weighted by Crippen LogP contribution is -2.06. The van der Waals surface area contributed by atoms with Gasteiger partial charge in [0.05, 0.1) is 12.7 Å². The van der Waals surface area contributed by atoms with Crippen LogP contribution in [0.5, 0.6) is 5.75 Å². The molecule has 2 rings (SSSR count). The second-order valence-corrected chi connectivity index (χ2v) is 6.59. The summed E-state index contributed by atoms with van der Waals surface area (Å²) >= 11 is 1.72. The molecule has 1 heterocycles. The molecule has 0 saturated heterocycles. The number of pyridine rings is 1. The molecule has 0 radical (unpaired) electrons. The fourth-order valence-electron chi connectivity index (χ4n) is 2.07. The molecular weight excluding hydrogens is 308 g/mol. The second kappa shape index (κ2) is 9.43. The first kappa shape index (κ1) is 17.6. The highest BCUT2D eigenvalue weighted by molar-refractivity contribution is 7.98. The monoisotopic (exact) mass is 332 g/mol. The Balaban J connectivity index is 1.86. The third kappa shape index (κ3) is 6.50. The predicted octanol–water partition coefficient (Wildman–Crippen LogP) is 3.71. The number of rotatable bonds is 9. The van der Waals surface area contributed by atoms with E-state index in [2.05, 4.69) is 28.5 Å². The molecule has 0 atom stereocenters. The van der Waals surface area contributed by atoms with Gasteiger partial charge in [0.25, 0.3) is 0 Å². The van der Waals surface area contributed by atoms with Crippen molar-refractivity contribution >= 4 is 17.6 Å². The van der Waals surface area contributed by atoms with Crippen molar-refractivity contribution in [1.29, 1.82) is 0 Å². The average Bonchev–Trinajstić information content (AvgIpc) is 2.54. The van der Waals surface area contributed by atoms with E-state index < -0.39 is 0 Å². The van der Waals surface area contributed by atoms with Gasteiger partial charge in [0, 0.05) is 24.2 Å². The minimum Gasteiger partial charge on any atom is -0.491 e. The molecule has 2 N–H and O–H groups in total. The molecule has 0 aliphatic carbocycles. The SMILES string of the molecule is CC(C)Oc1ccc(CNc2cc(CSCCO)ccn2)cc1. The van der Waals surface area contributed by atoms with Crippen molar-refractivity contribution in [2.45, 2.75) is 32.2 Å². The standard InChI is InChI=1S/C18H24N2O2S/c1-14(2)22-17-5-3-15(4-6-17)12-20-18-11-16(7-8-19-18)13-23-10-9-21/h3-8,11,14,21H,9-10,12-13H2,1-2H3,(H,19,20). The number of nitrogens with zero attached hydrogens (tertiary/aromatic N) is 1. The van der Waals surface area contributed by atoms with Crippen LogP contribution in [-0.2, 0) is 12.3 Å². The topological polar surface area (TPSA) is 54.4 Å². The molecule has 0 unspecified atom stereocenters. The lowest BCUT2D eigenvalue weighted by molar-refractivity contribution is 0.242. The van der Waals surface area contributed by atoms with E-state index in [1.165, 1.54) is 11.1 Å². The number of thioether (sulfide) groups is 1. The van der Waals surface area contributed by atoms with Crippen LogP contribution >= 0.6 is 11.8 Å². The average molecular weight is 332 g/mol. The molecule has 0 bridgehead atoms. The van der Waals surface area contributed by atoms with Gasteiger partial charge in [-0.3, -0.25) is 0 Å². The molecule has 1 aromatic carbocycles. The summed E-state index contributed by atoms with van der Waals surface area (Å²) in [5.74, 6) is 3.41. The number of hydrogen-bond donors (Lipinski definition) is 2. The van der Waals surface area contributed by atoms with Crippen LogP contribution in [0.2, 0.25) is 0 Å². The Hall–Kier alpha value is -1.72. The maximum Gasteiger partial charge on any atom is 0.126 e. The Labute approximate surface area is 142 Å². The van der Waals surface area contributed by atoms with E-state index in [1.807, 2.05) is 38.2 Å². The summed E-state index contributed by atoms with van der Waals surface area (Å²) < 4.78 is 5.64. The molecule has 0 aliphatic rings. The molecule has 0 fully saturated rings. The normalized spacial score (nSPS) is 10.8. The van der Waals surface area contributed by atoms with Gasteiger partial charge in [-0.05, 0) is 49.2 Å². The van der Waals surface area contributed by atoms with Crippen LogP contribution in [0.15, 0.2) is 42.6 Å². The van der Waals surface area contributed by atoms with E-state index in [9.17, 15) is 0 Å². The summed E-state index contributed by atoms with van der Waals surface area (Å²) in [5.41, 5.74) is 2.39. The van der Waals surface area contributed by atoms with Crippen molar-refractivity contribution in [2.24, 2.45) is 0 Å². The van der Waals surface area contributed by atoms with E-state index in [0.717, 1.165) is 29.6 Å². The predicted molar refractivity (Wildman–Crippen MR) is 97.0 cm³/mol. The number of nitrogens with one attached hydrogen (secondary N) is 1. The Morgan fingerprint density at radius 3 is 2.65 bits per heavy atom. The van der Waals surface area contributed by atoms with Crippen molar-refractivity contribution in [1.82, 2.24) is 4.98 Å². The second-order valence-electron chi connectivity index (χ2n) is 5.49. The summed E-state index contributed by atoms with van der Waals surface area (Å²) in [6, 6.07) is 12.2. The first-order valence-electron chi connectivity index (χ1n) is 7.80. The maximum absolute atomic E-state index is 8.82. The van der Waals surface area contributed by atoms with E-state index >= 15 is 0 Å². The Morgan fingerprint density at radius 1 is 1.17 bits per heavy atom. The van der Waals surface area contributed by atoms with Gasteiger partial charge in [-0.1, -0.05) is 12.1 Å². The van der Waals surface area contributed by atoms with Gasteiger partial charge in [-0.25, -0.2) is 4.98 Å². The van der Waals surface area contributed by atoms with E-state index in [4.69, 9.17) is 9.84 Å². The van der Waals surface area contributed by atoms with Crippen LogP contribution in [0.25, 0.3) is 0 Å². The van der Waals surface area contributed by atoms with Gasteiger partial charge in [-0.2, -0.15) is 11.8 Å². The zero-order valence-corrected chi connectivity index (χ0v) is 14.5. The Bertz CT molecular complexity index is 588. The Morgan fingerprint density at radius 2 is 1.96 bits per heavy atom. The van der Waals surface area contributed by atoms with Crippen molar-refractivity contribution in [2.75, 3.05) is 17.7 Å². The molecule has 0 amide bonds. The molecule has 5 heteroatoms. The van der Waals surface area contributed by atoms with Crippen LogP contribution < -0.4 is 10.1 Å². The summed E-state index contributed by atoms with van der Waals surface area (Å²) in [4.78, 5) is 4.35. The minimum atomic E-state index is 0.189. The molecule has 124 valence electrons. The summed E-state index contributed by atoms with van der Waals surface area (Å²) in [7, 11) is 0. The highest BCUT2D eigenvalue weighted by Crippen LogP contribution is 2.17. The third-order valence-corrected chi connectivity index (χ3v) is 4.11. The number of aliphatic hydroxyl groups is 1. The number of ether oxygens (including phenoxy) is 1. The molecule has 4 nitrogen and oxygen atoms in total. The third-order valence-electron chi connectivity index (χ3n) is 3.10. The van der Waals surface area contributed by atoms with Crippen molar-refractivity contribution in [3.8, 4) is 5.75 Å². The smallest absolute Gasteiger partial charge is 0.126 e. The van der Waals surface area contributed by atoms with Crippen LogP contribution in [-0.4, -0.2) is 28.6 Å². The molecular formula is C18H24N2O2S.